The summed E-state index contributed by atoms with van der Waals surface area (Å²) in [5.41, 5.74) is 2.25. The van der Waals surface area contributed by atoms with Crippen molar-refractivity contribution in [2.45, 2.75) is 38.3 Å². The maximum atomic E-state index is 11.0. The molecule has 2 unspecified atom stereocenters. The summed E-state index contributed by atoms with van der Waals surface area (Å²) in [7, 11) is 0. The van der Waals surface area contributed by atoms with Crippen LogP contribution in [-0.2, 0) is 0 Å². The van der Waals surface area contributed by atoms with Gasteiger partial charge in [0, 0.05) is 24.3 Å². The van der Waals surface area contributed by atoms with Crippen molar-refractivity contribution in [1.29, 1.82) is 0 Å². The minimum Gasteiger partial charge on any atom is -0.478 e. The third-order valence-electron chi connectivity index (χ3n) is 4.41. The van der Waals surface area contributed by atoms with Crippen molar-refractivity contribution in [3.8, 4) is 0 Å². The molecule has 2 aliphatic heterocycles. The molecule has 0 radical (unpaired) electrons. The highest BCUT2D eigenvalue weighted by molar-refractivity contribution is 5.89. The summed E-state index contributed by atoms with van der Waals surface area (Å²) >= 11 is 0. The number of aromatic carboxylic acids is 1. The Balaban J connectivity index is 1.73. The fraction of sp³-hybridized carbons (Fsp3) is 0.533. The summed E-state index contributed by atoms with van der Waals surface area (Å²) in [6.07, 6.45) is 3.77. The van der Waals surface area contributed by atoms with Crippen LogP contribution in [0, 0.1) is 6.92 Å². The van der Waals surface area contributed by atoms with E-state index in [0.29, 0.717) is 17.6 Å². The lowest BCUT2D eigenvalue weighted by molar-refractivity contribution is 0.0696. The number of anilines is 1. The van der Waals surface area contributed by atoms with E-state index in [2.05, 4.69) is 10.2 Å². The summed E-state index contributed by atoms with van der Waals surface area (Å²) in [4.78, 5) is 13.6. The van der Waals surface area contributed by atoms with Crippen molar-refractivity contribution in [1.82, 2.24) is 4.90 Å². The first kappa shape index (κ1) is 12.5. The van der Waals surface area contributed by atoms with Crippen LogP contribution < -0.4 is 5.32 Å². The van der Waals surface area contributed by atoms with Crippen LogP contribution >= 0.6 is 0 Å². The van der Waals surface area contributed by atoms with Crippen LogP contribution in [-0.4, -0.2) is 41.1 Å². The fourth-order valence-corrected chi connectivity index (χ4v) is 3.46. The van der Waals surface area contributed by atoms with Gasteiger partial charge in [0.25, 0.3) is 0 Å². The molecule has 2 aliphatic rings. The molecule has 0 spiro atoms. The molecule has 2 fully saturated rings. The second-order valence-electron chi connectivity index (χ2n) is 5.62. The Morgan fingerprint density at radius 1 is 1.37 bits per heavy atom. The molecule has 3 rings (SSSR count). The molecule has 102 valence electrons. The number of carboxylic acids is 1. The predicted octanol–water partition coefficient (Wildman–Crippen LogP) is 2.34. The molecule has 2 atom stereocenters. The van der Waals surface area contributed by atoms with Crippen LogP contribution in [0.3, 0.4) is 0 Å². The number of nitrogens with one attached hydrogen (secondary N) is 1. The number of carbonyl (C=O) groups is 1. The molecule has 0 saturated carbocycles. The van der Waals surface area contributed by atoms with Crippen molar-refractivity contribution >= 4 is 11.7 Å². The van der Waals surface area contributed by atoms with Gasteiger partial charge in [-0.05, 0) is 56.5 Å². The molecular weight excluding hydrogens is 240 g/mol. The predicted molar refractivity (Wildman–Crippen MR) is 74.8 cm³/mol. The highest BCUT2D eigenvalue weighted by Crippen LogP contribution is 2.30. The quantitative estimate of drug-likeness (QED) is 0.876. The smallest absolute Gasteiger partial charge is 0.335 e. The highest BCUT2D eigenvalue weighted by atomic mass is 16.4. The summed E-state index contributed by atoms with van der Waals surface area (Å²) < 4.78 is 0. The largest absolute Gasteiger partial charge is 0.478 e. The molecular formula is C15H20N2O2. The molecule has 0 bridgehead atoms. The summed E-state index contributed by atoms with van der Waals surface area (Å²) in [5, 5.41) is 12.6. The average molecular weight is 260 g/mol. The Labute approximate surface area is 113 Å². The van der Waals surface area contributed by atoms with Crippen molar-refractivity contribution < 1.29 is 9.90 Å². The van der Waals surface area contributed by atoms with Gasteiger partial charge in [0.05, 0.1) is 5.56 Å². The molecule has 0 aliphatic carbocycles. The van der Waals surface area contributed by atoms with Crippen molar-refractivity contribution in [2.24, 2.45) is 0 Å². The molecule has 0 amide bonds. The fourth-order valence-electron chi connectivity index (χ4n) is 3.46. The Kier molecular flexibility index (Phi) is 3.19. The van der Waals surface area contributed by atoms with Gasteiger partial charge in [-0.2, -0.15) is 0 Å². The zero-order chi connectivity index (χ0) is 13.4. The van der Waals surface area contributed by atoms with Crippen LogP contribution in [0.5, 0.6) is 0 Å². The molecule has 2 heterocycles. The Morgan fingerprint density at radius 2 is 2.21 bits per heavy atom. The monoisotopic (exact) mass is 260 g/mol. The van der Waals surface area contributed by atoms with E-state index < -0.39 is 5.97 Å². The van der Waals surface area contributed by atoms with E-state index in [4.69, 9.17) is 5.11 Å². The third-order valence-corrected chi connectivity index (χ3v) is 4.41. The van der Waals surface area contributed by atoms with Gasteiger partial charge in [-0.15, -0.1) is 0 Å². The van der Waals surface area contributed by atoms with Gasteiger partial charge < -0.3 is 10.4 Å². The van der Waals surface area contributed by atoms with Crippen LogP contribution in [0.15, 0.2) is 18.2 Å². The number of benzene rings is 1. The van der Waals surface area contributed by atoms with Gasteiger partial charge >= 0.3 is 5.97 Å². The van der Waals surface area contributed by atoms with Gasteiger partial charge in [0.15, 0.2) is 0 Å². The molecule has 19 heavy (non-hydrogen) atoms. The SMILES string of the molecule is Cc1cc(NC2CCN3CCCC23)ccc1C(=O)O. The van der Waals surface area contributed by atoms with Crippen LogP contribution in [0.2, 0.25) is 0 Å². The highest BCUT2D eigenvalue weighted by Gasteiger charge is 2.36. The van der Waals surface area contributed by atoms with Gasteiger partial charge in [-0.25, -0.2) is 4.79 Å². The van der Waals surface area contributed by atoms with E-state index in [1.165, 1.54) is 32.4 Å². The Bertz CT molecular complexity index is 501. The minimum absolute atomic E-state index is 0.388. The zero-order valence-corrected chi connectivity index (χ0v) is 11.2. The summed E-state index contributed by atoms with van der Waals surface area (Å²) in [5.74, 6) is -0.855. The molecule has 1 aromatic rings. The molecule has 0 aromatic heterocycles. The van der Waals surface area contributed by atoms with E-state index in [1.807, 2.05) is 19.1 Å². The van der Waals surface area contributed by atoms with Crippen molar-refractivity contribution in [3.63, 3.8) is 0 Å². The second kappa shape index (κ2) is 4.85. The summed E-state index contributed by atoms with van der Waals surface area (Å²) in [6, 6.07) is 6.70. The summed E-state index contributed by atoms with van der Waals surface area (Å²) in [6.45, 7) is 4.28. The van der Waals surface area contributed by atoms with Crippen molar-refractivity contribution in [3.05, 3.63) is 29.3 Å². The topological polar surface area (TPSA) is 52.6 Å². The van der Waals surface area contributed by atoms with Gasteiger partial charge in [0.1, 0.15) is 0 Å². The second-order valence-corrected chi connectivity index (χ2v) is 5.62. The lowest BCUT2D eigenvalue weighted by Gasteiger charge is -2.22. The van der Waals surface area contributed by atoms with E-state index >= 15 is 0 Å². The van der Waals surface area contributed by atoms with Gasteiger partial charge in [-0.3, -0.25) is 4.90 Å². The normalized spacial score (nSPS) is 26.4. The number of carboxylic acid groups (broad SMARTS) is 1. The van der Waals surface area contributed by atoms with Crippen molar-refractivity contribution in [2.75, 3.05) is 18.4 Å². The van der Waals surface area contributed by atoms with E-state index in [1.54, 1.807) is 6.07 Å². The van der Waals surface area contributed by atoms with E-state index in [0.717, 1.165) is 11.3 Å². The minimum atomic E-state index is -0.855. The lowest BCUT2D eigenvalue weighted by Crippen LogP contribution is -2.33. The van der Waals surface area contributed by atoms with E-state index in [9.17, 15) is 4.79 Å². The number of fused-ring (bicyclic) bond motifs is 1. The maximum Gasteiger partial charge on any atom is 0.335 e. The molecule has 4 nitrogen and oxygen atoms in total. The first-order chi connectivity index (χ1) is 9.15. The maximum absolute atomic E-state index is 11.0. The van der Waals surface area contributed by atoms with E-state index in [-0.39, 0.29) is 0 Å². The number of hydrogen-bond donors (Lipinski definition) is 2. The Hall–Kier alpha value is -1.55. The molecule has 4 heteroatoms. The number of hydrogen-bond acceptors (Lipinski definition) is 3. The van der Waals surface area contributed by atoms with Crippen LogP contribution in [0.25, 0.3) is 0 Å². The van der Waals surface area contributed by atoms with Crippen LogP contribution in [0.4, 0.5) is 5.69 Å². The first-order valence-corrected chi connectivity index (χ1v) is 6.99. The molecule has 2 saturated heterocycles. The number of nitrogens with zero attached hydrogens (tertiary/aromatic N) is 1. The van der Waals surface area contributed by atoms with Gasteiger partial charge in [-0.1, -0.05) is 0 Å². The lowest BCUT2D eigenvalue weighted by atomic mass is 10.0. The third kappa shape index (κ3) is 2.32. The first-order valence-electron chi connectivity index (χ1n) is 6.99. The number of rotatable bonds is 3. The molecule has 2 N–H and O–H groups in total. The molecule has 1 aromatic carbocycles. The standard InChI is InChI=1S/C15H20N2O2/c1-10-9-11(4-5-12(10)15(18)19)16-13-6-8-17-7-2-3-14(13)17/h4-5,9,13-14,16H,2-3,6-8H2,1H3,(H,18,19). The average Bonchev–Trinajstić information content (AvgIpc) is 2.94. The zero-order valence-electron chi connectivity index (χ0n) is 11.2. The van der Waals surface area contributed by atoms with Crippen LogP contribution in [0.1, 0.15) is 35.2 Å². The van der Waals surface area contributed by atoms with Gasteiger partial charge in [0.2, 0.25) is 0 Å². The number of aryl methyl sites for hydroxylation is 1. The Morgan fingerprint density at radius 3 is 2.95 bits per heavy atom.